The van der Waals surface area contributed by atoms with E-state index in [1.54, 1.807) is 0 Å². The largest absolute Gasteiger partial charge is 0.457 e. The molecular weight excluding hydrogens is 490 g/mol. The molecule has 0 spiro atoms. The van der Waals surface area contributed by atoms with Gasteiger partial charge < -0.3 is 4.74 Å². The quantitative estimate of drug-likeness (QED) is 0.235. The molecule has 190 valence electrons. The lowest BCUT2D eigenvalue weighted by molar-refractivity contribution is 0.483. The molecule has 0 saturated carbocycles. The predicted octanol–water partition coefficient (Wildman–Crippen LogP) is 8.91. The number of ether oxygens (including phenoxy) is 1. The van der Waals surface area contributed by atoms with Gasteiger partial charge in [0.05, 0.1) is 16.7 Å². The van der Waals surface area contributed by atoms with Crippen LogP contribution in [-0.2, 0) is 6.42 Å². The molecule has 0 N–H and O–H groups in total. The molecule has 40 heavy (non-hydrogen) atoms. The van der Waals surface area contributed by atoms with Gasteiger partial charge in [-0.1, -0.05) is 54.6 Å². The fourth-order valence-electron chi connectivity index (χ4n) is 6.00. The lowest BCUT2D eigenvalue weighted by Gasteiger charge is -2.10. The number of benzene rings is 4. The first-order valence-corrected chi connectivity index (χ1v) is 13.5. The van der Waals surface area contributed by atoms with E-state index in [9.17, 15) is 0 Å². The molecule has 0 radical (unpaired) electrons. The first-order chi connectivity index (χ1) is 19.7. The van der Waals surface area contributed by atoms with Gasteiger partial charge >= 0.3 is 0 Å². The number of rotatable bonds is 4. The lowest BCUT2D eigenvalue weighted by atomic mass is 9.99. The molecule has 0 saturated heterocycles. The van der Waals surface area contributed by atoms with Gasteiger partial charge in [0.25, 0.3) is 0 Å². The van der Waals surface area contributed by atoms with Gasteiger partial charge in [-0.05, 0) is 89.7 Å². The third kappa shape index (κ3) is 3.61. The molecule has 0 aliphatic heterocycles. The first-order valence-electron chi connectivity index (χ1n) is 13.5. The van der Waals surface area contributed by atoms with E-state index in [0.29, 0.717) is 0 Å². The molecule has 3 aromatic heterocycles. The molecule has 0 amide bonds. The minimum Gasteiger partial charge on any atom is -0.457 e. The molecule has 0 unspecified atom stereocenters. The van der Waals surface area contributed by atoms with Crippen molar-refractivity contribution in [1.82, 2.24) is 14.5 Å². The Hall–Kier alpha value is -5.22. The van der Waals surface area contributed by atoms with Crippen molar-refractivity contribution in [1.29, 1.82) is 0 Å². The van der Waals surface area contributed by atoms with Crippen molar-refractivity contribution >= 4 is 21.8 Å². The van der Waals surface area contributed by atoms with Gasteiger partial charge in [0, 0.05) is 34.8 Å². The smallest absolute Gasteiger partial charge is 0.137 e. The van der Waals surface area contributed by atoms with E-state index in [4.69, 9.17) is 9.72 Å². The summed E-state index contributed by atoms with van der Waals surface area (Å²) in [6.07, 6.45) is 4.70. The maximum Gasteiger partial charge on any atom is 0.137 e. The molecule has 4 aromatic carbocycles. The van der Waals surface area contributed by atoms with Crippen LogP contribution in [0.15, 0.2) is 122 Å². The van der Waals surface area contributed by atoms with E-state index >= 15 is 0 Å². The number of aryl methyl sites for hydroxylation is 1. The van der Waals surface area contributed by atoms with Gasteiger partial charge in [0.15, 0.2) is 0 Å². The zero-order valence-corrected chi connectivity index (χ0v) is 22.0. The minimum absolute atomic E-state index is 0.773. The third-order valence-corrected chi connectivity index (χ3v) is 7.81. The van der Waals surface area contributed by atoms with E-state index in [0.717, 1.165) is 51.6 Å². The average Bonchev–Trinajstić information content (AvgIpc) is 3.53. The van der Waals surface area contributed by atoms with Gasteiger partial charge in [-0.15, -0.1) is 0 Å². The van der Waals surface area contributed by atoms with E-state index in [2.05, 4.69) is 82.3 Å². The summed E-state index contributed by atoms with van der Waals surface area (Å²) in [5, 5.41) is 2.46. The first kappa shape index (κ1) is 22.7. The van der Waals surface area contributed by atoms with E-state index in [1.165, 1.54) is 33.0 Å². The average molecular weight is 516 g/mol. The number of aromatic nitrogens is 3. The molecular formula is C36H25N3O. The predicted molar refractivity (Wildman–Crippen MR) is 161 cm³/mol. The highest BCUT2D eigenvalue weighted by molar-refractivity contribution is 6.17. The topological polar surface area (TPSA) is 39.9 Å². The second kappa shape index (κ2) is 8.92. The van der Waals surface area contributed by atoms with Gasteiger partial charge in [-0.3, -0.25) is 9.55 Å². The Kier molecular flexibility index (Phi) is 5.07. The number of pyridine rings is 2. The highest BCUT2D eigenvalue weighted by Crippen LogP contribution is 2.46. The number of hydrogen-bond donors (Lipinski definition) is 0. The van der Waals surface area contributed by atoms with Crippen LogP contribution in [0.4, 0.5) is 0 Å². The maximum atomic E-state index is 6.45. The standard InChI is InChI=1S/C36H25N3O/c1-23-12-16-31(38-22-23)25-8-6-9-27(20-25)40-28-14-15-30-33(21-28)39(34-11-4-5-18-37-34)32-17-13-26-19-24-7-2-3-10-29(24)35(26)36(30)32/h2-18,20-22H,19H2,1H3. The van der Waals surface area contributed by atoms with Crippen LogP contribution in [0.2, 0.25) is 0 Å². The Labute approximate surface area is 232 Å². The Bertz CT molecular complexity index is 2060. The van der Waals surface area contributed by atoms with Crippen molar-refractivity contribution < 1.29 is 4.74 Å². The highest BCUT2D eigenvalue weighted by atomic mass is 16.5. The summed E-state index contributed by atoms with van der Waals surface area (Å²) >= 11 is 0. The van der Waals surface area contributed by atoms with Crippen molar-refractivity contribution in [3.8, 4) is 39.7 Å². The Morgan fingerprint density at radius 3 is 2.48 bits per heavy atom. The van der Waals surface area contributed by atoms with Gasteiger partial charge in [0.2, 0.25) is 0 Å². The Morgan fingerprint density at radius 1 is 0.700 bits per heavy atom. The summed E-state index contributed by atoms with van der Waals surface area (Å²) in [5.74, 6) is 2.44. The van der Waals surface area contributed by atoms with Crippen LogP contribution >= 0.6 is 0 Å². The van der Waals surface area contributed by atoms with E-state index in [1.807, 2.05) is 55.7 Å². The van der Waals surface area contributed by atoms with Crippen molar-refractivity contribution in [3.05, 3.63) is 138 Å². The SMILES string of the molecule is Cc1ccc(-c2cccc(Oc3ccc4c5c6c(ccc5n(-c5ccccn5)c4c3)Cc3ccccc3-6)c2)nc1. The van der Waals surface area contributed by atoms with Crippen molar-refractivity contribution in [2.24, 2.45) is 0 Å². The zero-order chi connectivity index (χ0) is 26.6. The molecule has 4 heteroatoms. The van der Waals surface area contributed by atoms with Crippen LogP contribution in [0, 0.1) is 6.92 Å². The summed E-state index contributed by atoms with van der Waals surface area (Å²) in [6.45, 7) is 2.05. The van der Waals surface area contributed by atoms with Crippen LogP contribution in [0.25, 0.3) is 50.0 Å². The fourth-order valence-corrected chi connectivity index (χ4v) is 6.00. The van der Waals surface area contributed by atoms with Crippen LogP contribution in [0.3, 0.4) is 0 Å². The molecule has 4 nitrogen and oxygen atoms in total. The zero-order valence-electron chi connectivity index (χ0n) is 22.0. The normalized spacial score (nSPS) is 12.0. The van der Waals surface area contributed by atoms with Gasteiger partial charge in [0.1, 0.15) is 17.3 Å². The lowest BCUT2D eigenvalue weighted by Crippen LogP contribution is -1.96. The monoisotopic (exact) mass is 515 g/mol. The molecule has 0 fully saturated rings. The van der Waals surface area contributed by atoms with Crippen LogP contribution < -0.4 is 4.74 Å². The second-order valence-corrected chi connectivity index (χ2v) is 10.4. The summed E-state index contributed by atoms with van der Waals surface area (Å²) < 4.78 is 8.70. The molecule has 1 aliphatic rings. The van der Waals surface area contributed by atoms with Crippen LogP contribution in [-0.4, -0.2) is 14.5 Å². The minimum atomic E-state index is 0.773. The van der Waals surface area contributed by atoms with Gasteiger partial charge in [-0.2, -0.15) is 0 Å². The van der Waals surface area contributed by atoms with E-state index in [-0.39, 0.29) is 0 Å². The number of fused-ring (bicyclic) bond motifs is 7. The summed E-state index contributed by atoms with van der Waals surface area (Å²) in [7, 11) is 0. The van der Waals surface area contributed by atoms with Crippen molar-refractivity contribution in [2.45, 2.75) is 13.3 Å². The molecule has 8 rings (SSSR count). The number of hydrogen-bond acceptors (Lipinski definition) is 3. The highest BCUT2D eigenvalue weighted by Gasteiger charge is 2.25. The summed E-state index contributed by atoms with van der Waals surface area (Å²) in [6, 6.07) is 37.9. The van der Waals surface area contributed by atoms with Crippen LogP contribution in [0.1, 0.15) is 16.7 Å². The van der Waals surface area contributed by atoms with Crippen molar-refractivity contribution in [3.63, 3.8) is 0 Å². The molecule has 1 aliphatic carbocycles. The molecule has 0 atom stereocenters. The number of nitrogens with zero attached hydrogens (tertiary/aromatic N) is 3. The Morgan fingerprint density at radius 2 is 1.60 bits per heavy atom. The summed E-state index contributed by atoms with van der Waals surface area (Å²) in [5.41, 5.74) is 10.7. The second-order valence-electron chi connectivity index (χ2n) is 10.4. The molecule has 3 heterocycles. The third-order valence-electron chi connectivity index (χ3n) is 7.81. The van der Waals surface area contributed by atoms with Gasteiger partial charge in [-0.25, -0.2) is 4.98 Å². The van der Waals surface area contributed by atoms with Crippen molar-refractivity contribution in [2.75, 3.05) is 0 Å². The fraction of sp³-hybridized carbons (Fsp3) is 0.0556. The molecule has 0 bridgehead atoms. The van der Waals surface area contributed by atoms with Crippen LogP contribution in [0.5, 0.6) is 11.5 Å². The summed E-state index contributed by atoms with van der Waals surface area (Å²) in [4.78, 5) is 9.33. The molecule has 7 aromatic rings. The maximum absolute atomic E-state index is 6.45. The Balaban J connectivity index is 1.30. The van der Waals surface area contributed by atoms with E-state index < -0.39 is 0 Å².